The van der Waals surface area contributed by atoms with Crippen LogP contribution in [-0.4, -0.2) is 50.1 Å². The van der Waals surface area contributed by atoms with Gasteiger partial charge in [0.2, 0.25) is 0 Å². The summed E-state index contributed by atoms with van der Waals surface area (Å²) in [5.74, 6) is 5.12. The molecule has 0 aliphatic rings. The van der Waals surface area contributed by atoms with Crippen molar-refractivity contribution in [1.29, 1.82) is 0 Å². The number of nitrogens with zero attached hydrogens (tertiary/aromatic N) is 10. The number of hydrogen-bond donors (Lipinski definition) is 0. The summed E-state index contributed by atoms with van der Waals surface area (Å²) >= 11 is 1.66. The normalized spacial score (nSPS) is 8.83. The van der Waals surface area contributed by atoms with Gasteiger partial charge in [-0.05, 0) is 136 Å². The minimum absolute atomic E-state index is 0.485. The van der Waals surface area contributed by atoms with E-state index in [1.807, 2.05) is 240 Å². The molecular formula is C87H150N10S. The summed E-state index contributed by atoms with van der Waals surface area (Å²) in [6.07, 6.45) is 19.8. The summed E-state index contributed by atoms with van der Waals surface area (Å²) < 4.78 is 0. The van der Waals surface area contributed by atoms with Crippen LogP contribution in [0.4, 0.5) is 0 Å². The van der Waals surface area contributed by atoms with Gasteiger partial charge in [-0.15, -0.1) is 11.3 Å². The minimum Gasteiger partial charge on any atom is -0.264 e. The monoisotopic (exact) mass is 1370 g/mol. The Kier molecular flexibility index (Phi) is 95.8. The first-order valence-corrected chi connectivity index (χ1v) is 38.2. The van der Waals surface area contributed by atoms with Crippen LogP contribution >= 0.6 is 11.3 Å². The third-order valence-electron chi connectivity index (χ3n) is 11.5. The smallest absolute Gasteiger partial charge is 0.115 e. The number of aromatic nitrogens is 10. The minimum atomic E-state index is 0.485. The fraction of sp³-hybridized carbons (Fsp3) is 0.517. The number of pyridine rings is 5. The highest BCUT2D eigenvalue weighted by Crippen LogP contribution is 2.16. The van der Waals surface area contributed by atoms with Gasteiger partial charge in [0.05, 0.1) is 16.9 Å². The zero-order chi connectivity index (χ0) is 77.5. The third-order valence-corrected chi connectivity index (χ3v) is 12.1. The highest BCUT2D eigenvalue weighted by Gasteiger charge is 2.01. The van der Waals surface area contributed by atoms with Crippen molar-refractivity contribution in [1.82, 2.24) is 50.1 Å². The molecule has 0 fully saturated rings. The highest BCUT2D eigenvalue weighted by molar-refractivity contribution is 7.07. The van der Waals surface area contributed by atoms with Gasteiger partial charge in [0.1, 0.15) is 6.33 Å². The number of hydrogen-bond acceptors (Lipinski definition) is 11. The Hall–Kier alpha value is -7.24. The Morgan fingerprint density at radius 1 is 0.235 bits per heavy atom. The SMILES string of the molecule is CC.CC.CC.CC.CC.CC.CC.CC.CC.CC(C)c1ccccc1.CC(C)c1ccccn1.CC(C)c1ccccn1.CC(C)c1cccnc1.CC(C)c1cccnc1.CC(C)c1cccnc1.CC(C)c1cccnn1.CC(C)c1ccncn1.CC(C)c1cscn1. The van der Waals surface area contributed by atoms with Crippen molar-refractivity contribution in [2.75, 3.05) is 0 Å². The maximum atomic E-state index is 4.18. The maximum absolute atomic E-state index is 4.18. The second-order valence-electron chi connectivity index (χ2n) is 21.4. The summed E-state index contributed by atoms with van der Waals surface area (Å²) in [7, 11) is 0. The zero-order valence-electron chi connectivity index (χ0n) is 69.6. The molecule has 0 N–H and O–H groups in total. The van der Waals surface area contributed by atoms with Crippen LogP contribution in [0.1, 0.15) is 353 Å². The second kappa shape index (κ2) is 85.8. The molecule has 8 heterocycles. The average molecular weight is 1370 g/mol. The molecule has 0 saturated heterocycles. The van der Waals surface area contributed by atoms with Crippen LogP contribution < -0.4 is 0 Å². The summed E-state index contributed by atoms with van der Waals surface area (Å²) in [6, 6.07) is 40.5. The van der Waals surface area contributed by atoms with Crippen molar-refractivity contribution < 1.29 is 0 Å². The average Bonchev–Trinajstić information content (AvgIpc) is 4.46. The standard InChI is InChI=1S/C9H12.5C8H11N.2C7H10N2.C6H9NS.9C2H6/c1-8(2)9-6-4-3-5-7-9;3*1-7(2)8-4-3-5-9-6-8;2*1-7(2)8-5-3-4-6-9-8;1-6(2)7-3-4-8-5-9-7;1-6(2)7-4-3-5-8-9-7;1-5(2)6-3-8-4-7-6;9*1-2/h3-8H,1-2H3;5*3-7H,1-2H3;2*3-6H,1-2H3;3-5H,1-2H3;9*1-2H3. The van der Waals surface area contributed by atoms with Crippen LogP contribution in [0.15, 0.2) is 201 Å². The Balaban J connectivity index is -0.000000126. The van der Waals surface area contributed by atoms with Gasteiger partial charge in [0.25, 0.3) is 0 Å². The van der Waals surface area contributed by atoms with Gasteiger partial charge >= 0.3 is 0 Å². The highest BCUT2D eigenvalue weighted by atomic mass is 32.1. The lowest BCUT2D eigenvalue weighted by atomic mass is 10.0. The van der Waals surface area contributed by atoms with E-state index in [4.69, 9.17) is 0 Å². The number of rotatable bonds is 9. The van der Waals surface area contributed by atoms with Crippen LogP contribution in [0, 0.1) is 0 Å². The summed E-state index contributed by atoms with van der Waals surface area (Å²) in [5, 5.41) is 9.77. The van der Waals surface area contributed by atoms with E-state index in [1.54, 1.807) is 48.6 Å². The Labute approximate surface area is 611 Å². The Morgan fingerprint density at radius 3 is 0.714 bits per heavy atom. The molecule has 9 aromatic rings. The molecule has 10 nitrogen and oxygen atoms in total. The lowest BCUT2D eigenvalue weighted by molar-refractivity contribution is 0.785. The second-order valence-corrected chi connectivity index (χ2v) is 22.1. The summed E-state index contributed by atoms with van der Waals surface area (Å²) in [6.45, 7) is 74.7. The van der Waals surface area contributed by atoms with Gasteiger partial charge in [0.15, 0.2) is 0 Å². The summed E-state index contributed by atoms with van der Waals surface area (Å²) in [4.78, 5) is 32.4. The van der Waals surface area contributed by atoms with E-state index < -0.39 is 0 Å². The molecular weight excluding hydrogens is 1220 g/mol. The molecule has 0 saturated carbocycles. The van der Waals surface area contributed by atoms with Crippen molar-refractivity contribution in [3.63, 3.8) is 0 Å². The van der Waals surface area contributed by atoms with Gasteiger partial charge in [-0.2, -0.15) is 10.2 Å². The van der Waals surface area contributed by atoms with Crippen molar-refractivity contribution in [2.45, 2.75) is 303 Å². The predicted octanol–water partition coefficient (Wildman–Crippen LogP) is 28.5. The third kappa shape index (κ3) is 68.7. The van der Waals surface area contributed by atoms with E-state index in [1.165, 1.54) is 27.9 Å². The molecule has 0 aliphatic heterocycles. The Morgan fingerprint density at radius 2 is 0.541 bits per heavy atom. The van der Waals surface area contributed by atoms with Gasteiger partial charge in [-0.1, -0.05) is 310 Å². The molecule has 1 aromatic carbocycles. The molecule has 0 radical (unpaired) electrons. The molecule has 0 bridgehead atoms. The van der Waals surface area contributed by atoms with Crippen molar-refractivity contribution in [3.05, 3.63) is 251 Å². The van der Waals surface area contributed by atoms with Crippen LogP contribution in [0.2, 0.25) is 0 Å². The first-order valence-electron chi connectivity index (χ1n) is 37.2. The van der Waals surface area contributed by atoms with Gasteiger partial charge < -0.3 is 0 Å². The lowest BCUT2D eigenvalue weighted by Gasteiger charge is -2.01. The van der Waals surface area contributed by atoms with Gasteiger partial charge in [0, 0.05) is 84.4 Å². The van der Waals surface area contributed by atoms with Crippen LogP contribution in [0.5, 0.6) is 0 Å². The summed E-state index contributed by atoms with van der Waals surface area (Å²) in [5.41, 5.74) is 12.9. The largest absolute Gasteiger partial charge is 0.264 e. The molecule has 11 heteroatoms. The quantitative estimate of drug-likeness (QED) is 0.138. The molecule has 0 amide bonds. The van der Waals surface area contributed by atoms with Crippen molar-refractivity contribution >= 4 is 11.3 Å². The van der Waals surface area contributed by atoms with Gasteiger partial charge in [-0.3, -0.25) is 24.9 Å². The topological polar surface area (TPSA) is 129 Å². The van der Waals surface area contributed by atoms with E-state index in [2.05, 4.69) is 223 Å². The van der Waals surface area contributed by atoms with E-state index >= 15 is 0 Å². The van der Waals surface area contributed by atoms with Crippen molar-refractivity contribution in [2.24, 2.45) is 0 Å². The molecule has 8 aromatic heterocycles. The van der Waals surface area contributed by atoms with Crippen LogP contribution in [0.25, 0.3) is 0 Å². The fourth-order valence-electron chi connectivity index (χ4n) is 6.20. The number of benzene rings is 1. The zero-order valence-corrected chi connectivity index (χ0v) is 70.4. The molecule has 0 unspecified atom stereocenters. The first-order chi connectivity index (χ1) is 47.2. The number of thiazole rings is 1. The maximum Gasteiger partial charge on any atom is 0.115 e. The van der Waals surface area contributed by atoms with E-state index in [-0.39, 0.29) is 0 Å². The van der Waals surface area contributed by atoms with Crippen LogP contribution in [0.3, 0.4) is 0 Å². The van der Waals surface area contributed by atoms with E-state index in [0.29, 0.717) is 53.3 Å². The molecule has 554 valence electrons. The lowest BCUT2D eigenvalue weighted by Crippen LogP contribution is -1.92. The molecule has 0 atom stereocenters. The predicted molar refractivity (Wildman–Crippen MR) is 443 cm³/mol. The van der Waals surface area contributed by atoms with E-state index in [0.717, 1.165) is 22.8 Å². The molecule has 98 heavy (non-hydrogen) atoms. The molecule has 9 rings (SSSR count). The van der Waals surface area contributed by atoms with Crippen LogP contribution in [-0.2, 0) is 0 Å². The molecule has 0 aliphatic carbocycles. The fourth-order valence-corrected chi connectivity index (χ4v) is 6.91. The van der Waals surface area contributed by atoms with Gasteiger partial charge in [-0.25, -0.2) is 15.0 Å². The van der Waals surface area contributed by atoms with E-state index in [9.17, 15) is 0 Å². The molecule has 0 spiro atoms. The Bertz CT molecular complexity index is 2190. The van der Waals surface area contributed by atoms with Crippen molar-refractivity contribution in [3.8, 4) is 0 Å². The first kappa shape index (κ1) is 109.